The van der Waals surface area contributed by atoms with E-state index in [-0.39, 0.29) is 11.6 Å². The molecule has 0 bridgehead atoms. The molecule has 0 aromatic heterocycles. The normalized spacial score (nSPS) is 22.4. The Morgan fingerprint density at radius 1 is 1.30 bits per heavy atom. The fraction of sp³-hybridized carbons (Fsp3) is 0.462. The number of aliphatic hydroxyl groups is 1. The van der Waals surface area contributed by atoms with Crippen LogP contribution in [0, 0.1) is 13.8 Å². The van der Waals surface area contributed by atoms with Gasteiger partial charge in [0.2, 0.25) is 5.72 Å². The molecule has 2 N–H and O–H groups in total. The molecular weight excluding hydrogens is 273 g/mol. The lowest BCUT2D eigenvalue weighted by Crippen LogP contribution is -2.53. The highest BCUT2D eigenvalue weighted by Gasteiger charge is 2.56. The van der Waals surface area contributed by atoms with Gasteiger partial charge in [0.05, 0.1) is 24.9 Å². The van der Waals surface area contributed by atoms with Crippen molar-refractivity contribution < 1.29 is 23.0 Å². The number of rotatable bonds is 0. The molecule has 1 heterocycles. The number of nitrogens with one attached hydrogen (secondary N) is 1. The molecule has 4 nitrogen and oxygen atoms in total. The summed E-state index contributed by atoms with van der Waals surface area (Å²) in [6.45, 7) is 3.61. The summed E-state index contributed by atoms with van der Waals surface area (Å²) in [7, 11) is 1.22. The number of benzene rings is 1. The van der Waals surface area contributed by atoms with Crippen molar-refractivity contribution in [3.8, 4) is 0 Å². The summed E-state index contributed by atoms with van der Waals surface area (Å²) in [6, 6.07) is 3.18. The van der Waals surface area contributed by atoms with Crippen LogP contribution in [0.15, 0.2) is 17.1 Å². The summed E-state index contributed by atoms with van der Waals surface area (Å²) in [6.07, 6.45) is -5.65. The topological polar surface area (TPSA) is 53.8 Å². The summed E-state index contributed by atoms with van der Waals surface area (Å²) in [4.78, 5) is 4.04. The van der Waals surface area contributed by atoms with Crippen molar-refractivity contribution in [1.82, 2.24) is 0 Å². The second-order valence-corrected chi connectivity index (χ2v) is 4.82. The van der Waals surface area contributed by atoms with Crippen LogP contribution < -0.4 is 5.32 Å². The molecule has 0 spiro atoms. The van der Waals surface area contributed by atoms with Gasteiger partial charge in [0.15, 0.2) is 5.90 Å². The Kier molecular flexibility index (Phi) is 3.41. The van der Waals surface area contributed by atoms with E-state index in [4.69, 9.17) is 4.74 Å². The zero-order valence-electron chi connectivity index (χ0n) is 11.3. The van der Waals surface area contributed by atoms with Crippen molar-refractivity contribution >= 4 is 17.3 Å². The smallest absolute Gasteiger partial charge is 0.436 e. The molecule has 20 heavy (non-hydrogen) atoms. The maximum Gasteiger partial charge on any atom is 0.436 e. The highest BCUT2D eigenvalue weighted by molar-refractivity contribution is 5.86. The van der Waals surface area contributed by atoms with Gasteiger partial charge in [0.25, 0.3) is 0 Å². The number of alkyl halides is 3. The molecule has 0 saturated heterocycles. The van der Waals surface area contributed by atoms with Gasteiger partial charge in [0, 0.05) is 0 Å². The zero-order chi connectivity index (χ0) is 15.1. The van der Waals surface area contributed by atoms with Crippen LogP contribution in [-0.2, 0) is 4.74 Å². The molecule has 0 fully saturated rings. The lowest BCUT2D eigenvalue weighted by atomic mass is 10.1. The minimum atomic E-state index is -4.85. The number of fused-ring (bicyclic) bond motifs is 1. The van der Waals surface area contributed by atoms with Gasteiger partial charge in [-0.15, -0.1) is 0 Å². The van der Waals surface area contributed by atoms with Crippen molar-refractivity contribution in [1.29, 1.82) is 0 Å². The van der Waals surface area contributed by atoms with Crippen molar-refractivity contribution in [3.63, 3.8) is 0 Å². The first-order chi connectivity index (χ1) is 9.16. The fourth-order valence-corrected chi connectivity index (χ4v) is 1.94. The quantitative estimate of drug-likeness (QED) is 0.771. The number of ether oxygens (including phenoxy) is 1. The monoisotopic (exact) mass is 288 g/mol. The molecule has 110 valence electrons. The molecule has 0 amide bonds. The van der Waals surface area contributed by atoms with Gasteiger partial charge in [-0.1, -0.05) is 0 Å². The van der Waals surface area contributed by atoms with Gasteiger partial charge >= 0.3 is 6.18 Å². The third kappa shape index (κ3) is 2.45. The van der Waals surface area contributed by atoms with Crippen LogP contribution in [0.4, 0.5) is 24.5 Å². The summed E-state index contributed by atoms with van der Waals surface area (Å²) in [5.41, 5.74) is -0.974. The van der Waals surface area contributed by atoms with Crippen LogP contribution in [0.3, 0.4) is 0 Å². The molecule has 1 unspecified atom stereocenters. The summed E-state index contributed by atoms with van der Waals surface area (Å²) >= 11 is 0. The second kappa shape index (κ2) is 4.66. The maximum absolute atomic E-state index is 13.1. The number of methoxy groups -OCH3 is 1. The van der Waals surface area contributed by atoms with E-state index in [9.17, 15) is 18.3 Å². The van der Waals surface area contributed by atoms with Crippen LogP contribution in [0.5, 0.6) is 0 Å². The molecule has 7 heteroatoms. The van der Waals surface area contributed by atoms with E-state index < -0.39 is 18.3 Å². The third-order valence-electron chi connectivity index (χ3n) is 3.31. The van der Waals surface area contributed by atoms with Gasteiger partial charge in [-0.05, 0) is 37.1 Å². The lowest BCUT2D eigenvalue weighted by Gasteiger charge is -2.31. The molecule has 0 aliphatic carbocycles. The zero-order valence-corrected chi connectivity index (χ0v) is 11.3. The van der Waals surface area contributed by atoms with E-state index in [0.717, 1.165) is 11.1 Å². The number of halogens is 3. The Morgan fingerprint density at radius 2 is 1.90 bits per heavy atom. The number of hydrogen-bond acceptors (Lipinski definition) is 4. The average Bonchev–Trinajstić information content (AvgIpc) is 2.46. The number of aryl methyl sites for hydroxylation is 2. The molecular formula is C13H15F3N2O2. The van der Waals surface area contributed by atoms with Crippen molar-refractivity contribution in [2.75, 3.05) is 12.4 Å². The van der Waals surface area contributed by atoms with Gasteiger partial charge in [-0.2, -0.15) is 13.2 Å². The minimum Gasteiger partial charge on any atom is -0.484 e. The van der Waals surface area contributed by atoms with E-state index in [0.29, 0.717) is 5.69 Å². The Hall–Kier alpha value is -1.76. The molecule has 0 saturated carbocycles. The summed E-state index contributed by atoms with van der Waals surface area (Å²) < 4.78 is 44.0. The van der Waals surface area contributed by atoms with Crippen LogP contribution in [0.2, 0.25) is 0 Å². The van der Waals surface area contributed by atoms with Crippen molar-refractivity contribution in [2.24, 2.45) is 4.99 Å². The predicted octanol–water partition coefficient (Wildman–Crippen LogP) is 3.05. The van der Waals surface area contributed by atoms with Gasteiger partial charge in [-0.25, -0.2) is 4.99 Å². The summed E-state index contributed by atoms with van der Waals surface area (Å²) in [5, 5.41) is 12.0. The molecule has 1 aromatic rings. The molecule has 1 atom stereocenters. The Morgan fingerprint density at radius 3 is 2.45 bits per heavy atom. The van der Waals surface area contributed by atoms with Crippen molar-refractivity contribution in [2.45, 2.75) is 32.2 Å². The van der Waals surface area contributed by atoms with E-state index >= 15 is 0 Å². The number of aliphatic imine (C=N–C) groups is 1. The van der Waals surface area contributed by atoms with E-state index in [1.165, 1.54) is 13.2 Å². The standard InChI is InChI=1S/C13H15F3N2O2/c1-7-4-9-10(5-8(7)2)18-12(19,13(14,15)16)6-11(17-9)20-3/h4-5,18-19H,6H2,1-3H3. The molecule has 2 rings (SSSR count). The maximum atomic E-state index is 13.1. The van der Waals surface area contributed by atoms with Crippen LogP contribution in [0.25, 0.3) is 0 Å². The highest BCUT2D eigenvalue weighted by atomic mass is 19.4. The van der Waals surface area contributed by atoms with Crippen LogP contribution in [-0.4, -0.2) is 30.0 Å². The Balaban J connectivity index is 2.59. The lowest BCUT2D eigenvalue weighted by molar-refractivity contribution is -0.245. The van der Waals surface area contributed by atoms with Crippen molar-refractivity contribution in [3.05, 3.63) is 23.3 Å². The summed E-state index contributed by atoms with van der Waals surface area (Å²) in [5.74, 6) is -0.181. The largest absolute Gasteiger partial charge is 0.484 e. The average molecular weight is 288 g/mol. The molecule has 1 aliphatic rings. The molecule has 1 aromatic carbocycles. The van der Waals surface area contributed by atoms with Gasteiger partial charge in [0.1, 0.15) is 0 Å². The minimum absolute atomic E-state index is 0.125. The highest BCUT2D eigenvalue weighted by Crippen LogP contribution is 2.40. The first-order valence-corrected chi connectivity index (χ1v) is 5.96. The van der Waals surface area contributed by atoms with Crippen LogP contribution >= 0.6 is 0 Å². The first-order valence-electron chi connectivity index (χ1n) is 5.96. The molecule has 1 aliphatic heterocycles. The Bertz CT molecular complexity index is 569. The fourth-order valence-electron chi connectivity index (χ4n) is 1.94. The number of nitrogens with zero attached hydrogens (tertiary/aromatic N) is 1. The third-order valence-corrected chi connectivity index (χ3v) is 3.31. The number of anilines is 1. The SMILES string of the molecule is COC1=Nc2cc(C)c(C)cc2NC(O)(C(F)(F)F)C1. The molecule has 0 radical (unpaired) electrons. The number of hydrogen-bond donors (Lipinski definition) is 2. The first kappa shape index (κ1) is 14.6. The second-order valence-electron chi connectivity index (χ2n) is 4.82. The predicted molar refractivity (Wildman–Crippen MR) is 69.3 cm³/mol. The van der Waals surface area contributed by atoms with Gasteiger partial charge < -0.3 is 15.2 Å². The van der Waals surface area contributed by atoms with E-state index in [1.54, 1.807) is 13.0 Å². The van der Waals surface area contributed by atoms with Crippen LogP contribution in [0.1, 0.15) is 17.5 Å². The van der Waals surface area contributed by atoms with E-state index in [1.807, 2.05) is 6.92 Å². The van der Waals surface area contributed by atoms with E-state index in [2.05, 4.69) is 10.3 Å². The Labute approximate surface area is 114 Å². The van der Waals surface area contributed by atoms with Gasteiger partial charge in [-0.3, -0.25) is 0 Å².